The topological polar surface area (TPSA) is 108 Å². The van der Waals surface area contributed by atoms with E-state index in [-0.39, 0.29) is 24.3 Å². The predicted molar refractivity (Wildman–Crippen MR) is 103 cm³/mol. The Kier molecular flexibility index (Phi) is 5.33. The zero-order valence-corrected chi connectivity index (χ0v) is 15.0. The monoisotopic (exact) mass is 371 g/mol. The maximum absolute atomic E-state index is 12.4. The van der Waals surface area contributed by atoms with Crippen LogP contribution in [0.2, 0.25) is 0 Å². The highest BCUT2D eigenvalue weighted by atomic mass is 16.6. The summed E-state index contributed by atoms with van der Waals surface area (Å²) >= 11 is 0. The second kappa shape index (κ2) is 7.85. The molecule has 0 N–H and O–H groups in total. The van der Waals surface area contributed by atoms with Crippen LogP contribution in [0.5, 0.6) is 0 Å². The van der Waals surface area contributed by atoms with Gasteiger partial charge in [0.05, 0.1) is 17.1 Å². The van der Waals surface area contributed by atoms with E-state index in [1.165, 1.54) is 12.1 Å². The molecular formula is C22H17N3O3. The van der Waals surface area contributed by atoms with Gasteiger partial charge < -0.3 is 0 Å². The molecule has 1 aliphatic rings. The molecular weight excluding hydrogens is 354 g/mol. The maximum Gasteiger partial charge on any atom is 0.269 e. The summed E-state index contributed by atoms with van der Waals surface area (Å²) in [6.45, 7) is 0. The minimum atomic E-state index is -1.35. The average Bonchev–Trinajstić information content (AvgIpc) is 2.73. The lowest BCUT2D eigenvalue weighted by atomic mass is 9.59. The summed E-state index contributed by atoms with van der Waals surface area (Å²) in [7, 11) is 0. The SMILES string of the molecule is N#CC1(C#N)[C@H](/C=C/c2ccc([N+](=O)[O-])cc2)CC(=O)C[C@H]1c1ccccc1. The predicted octanol–water partition coefficient (Wildman–Crippen LogP) is 4.40. The normalized spacial score (nSPS) is 21.0. The van der Waals surface area contributed by atoms with E-state index >= 15 is 0 Å². The summed E-state index contributed by atoms with van der Waals surface area (Å²) in [5, 5.41) is 30.6. The minimum Gasteiger partial charge on any atom is -0.300 e. The maximum atomic E-state index is 12.4. The Morgan fingerprint density at radius 1 is 1.04 bits per heavy atom. The number of carbonyl (C=O) groups excluding carboxylic acids is 1. The molecule has 0 heterocycles. The van der Waals surface area contributed by atoms with Gasteiger partial charge in [-0.25, -0.2) is 0 Å². The Morgan fingerprint density at radius 3 is 2.25 bits per heavy atom. The van der Waals surface area contributed by atoms with Crippen LogP contribution in [-0.2, 0) is 4.79 Å². The number of nitro groups is 1. The van der Waals surface area contributed by atoms with Crippen LogP contribution in [0.4, 0.5) is 5.69 Å². The molecule has 2 atom stereocenters. The molecule has 6 heteroatoms. The zero-order chi connectivity index (χ0) is 20.1. The lowest BCUT2D eigenvalue weighted by Gasteiger charge is -2.38. The van der Waals surface area contributed by atoms with Crippen LogP contribution in [0.25, 0.3) is 6.08 Å². The molecule has 0 saturated heterocycles. The number of carbonyl (C=O) groups is 1. The number of rotatable bonds is 4. The van der Waals surface area contributed by atoms with Gasteiger partial charge in [0.15, 0.2) is 5.41 Å². The molecule has 1 aliphatic carbocycles. The molecule has 28 heavy (non-hydrogen) atoms. The van der Waals surface area contributed by atoms with Gasteiger partial charge in [-0.05, 0) is 23.3 Å². The number of Topliss-reactive ketones (excluding diaryl/α,β-unsaturated/α-hetero) is 1. The largest absolute Gasteiger partial charge is 0.300 e. The van der Waals surface area contributed by atoms with Crippen molar-refractivity contribution in [2.45, 2.75) is 18.8 Å². The van der Waals surface area contributed by atoms with Crippen molar-refractivity contribution in [1.29, 1.82) is 10.5 Å². The molecule has 0 bridgehead atoms. The van der Waals surface area contributed by atoms with Crippen molar-refractivity contribution >= 4 is 17.5 Å². The molecule has 2 aromatic rings. The van der Waals surface area contributed by atoms with E-state index in [0.29, 0.717) is 5.56 Å². The Balaban J connectivity index is 1.96. The van der Waals surface area contributed by atoms with Gasteiger partial charge in [-0.3, -0.25) is 14.9 Å². The Bertz CT molecular complexity index is 984. The van der Waals surface area contributed by atoms with Crippen LogP contribution in [-0.4, -0.2) is 10.7 Å². The Morgan fingerprint density at radius 2 is 1.68 bits per heavy atom. The van der Waals surface area contributed by atoms with Gasteiger partial charge in [0.25, 0.3) is 5.69 Å². The van der Waals surface area contributed by atoms with E-state index in [4.69, 9.17) is 0 Å². The van der Waals surface area contributed by atoms with E-state index in [0.717, 1.165) is 5.56 Å². The van der Waals surface area contributed by atoms with Crippen molar-refractivity contribution < 1.29 is 9.72 Å². The number of benzene rings is 2. The van der Waals surface area contributed by atoms with Crippen molar-refractivity contribution in [3.8, 4) is 12.1 Å². The van der Waals surface area contributed by atoms with E-state index < -0.39 is 22.2 Å². The van der Waals surface area contributed by atoms with Crippen molar-refractivity contribution in [2.24, 2.45) is 11.3 Å². The molecule has 0 amide bonds. The van der Waals surface area contributed by atoms with Crippen LogP contribution < -0.4 is 0 Å². The first-order chi connectivity index (χ1) is 13.5. The molecule has 1 saturated carbocycles. The molecule has 0 unspecified atom stereocenters. The van der Waals surface area contributed by atoms with Crippen LogP contribution >= 0.6 is 0 Å². The summed E-state index contributed by atoms with van der Waals surface area (Å²) in [5.74, 6) is -1.06. The summed E-state index contributed by atoms with van der Waals surface area (Å²) in [6.07, 6.45) is 3.69. The van der Waals surface area contributed by atoms with Crippen molar-refractivity contribution in [3.05, 3.63) is 81.9 Å². The van der Waals surface area contributed by atoms with Crippen LogP contribution in [0.15, 0.2) is 60.7 Å². The van der Waals surface area contributed by atoms with Gasteiger partial charge in [-0.1, -0.05) is 42.5 Å². The summed E-state index contributed by atoms with van der Waals surface area (Å²) in [4.78, 5) is 22.7. The fourth-order valence-corrected chi connectivity index (χ4v) is 3.70. The molecule has 138 valence electrons. The van der Waals surface area contributed by atoms with Gasteiger partial charge in [0, 0.05) is 36.8 Å². The zero-order valence-electron chi connectivity index (χ0n) is 15.0. The fraction of sp³-hybridized carbons (Fsp3) is 0.227. The third-order valence-electron chi connectivity index (χ3n) is 5.21. The second-order valence-electron chi connectivity index (χ2n) is 6.82. The third-order valence-corrected chi connectivity index (χ3v) is 5.21. The molecule has 3 rings (SSSR count). The lowest BCUT2D eigenvalue weighted by Crippen LogP contribution is -2.40. The van der Waals surface area contributed by atoms with Crippen molar-refractivity contribution in [1.82, 2.24) is 0 Å². The first-order valence-corrected chi connectivity index (χ1v) is 8.82. The number of nitrogens with zero attached hydrogens (tertiary/aromatic N) is 3. The summed E-state index contributed by atoms with van der Waals surface area (Å²) in [5.41, 5.74) is 0.126. The first kappa shape index (κ1) is 19.0. The molecule has 6 nitrogen and oxygen atoms in total. The fourth-order valence-electron chi connectivity index (χ4n) is 3.70. The summed E-state index contributed by atoms with van der Waals surface area (Å²) < 4.78 is 0. The third kappa shape index (κ3) is 3.54. The number of hydrogen-bond donors (Lipinski definition) is 0. The molecule has 0 aromatic heterocycles. The lowest BCUT2D eigenvalue weighted by molar-refractivity contribution is -0.384. The number of nitriles is 2. The molecule has 2 aromatic carbocycles. The van der Waals surface area contributed by atoms with Gasteiger partial charge >= 0.3 is 0 Å². The van der Waals surface area contributed by atoms with Crippen molar-refractivity contribution in [3.63, 3.8) is 0 Å². The van der Waals surface area contributed by atoms with Crippen LogP contribution in [0.3, 0.4) is 0 Å². The van der Waals surface area contributed by atoms with Crippen LogP contribution in [0, 0.1) is 44.1 Å². The minimum absolute atomic E-state index is 0.00771. The highest BCUT2D eigenvalue weighted by Gasteiger charge is 2.51. The van der Waals surface area contributed by atoms with Gasteiger partial charge in [-0.15, -0.1) is 0 Å². The molecule has 0 spiro atoms. The van der Waals surface area contributed by atoms with Gasteiger partial charge in [-0.2, -0.15) is 10.5 Å². The van der Waals surface area contributed by atoms with E-state index in [2.05, 4.69) is 12.1 Å². The Labute approximate surface area is 162 Å². The summed E-state index contributed by atoms with van der Waals surface area (Å²) in [6, 6.07) is 19.5. The van der Waals surface area contributed by atoms with Gasteiger partial charge in [0.1, 0.15) is 5.78 Å². The quantitative estimate of drug-likeness (QED) is 0.584. The molecule has 1 fully saturated rings. The molecule has 0 radical (unpaired) electrons. The number of hydrogen-bond acceptors (Lipinski definition) is 5. The van der Waals surface area contributed by atoms with E-state index in [1.807, 2.05) is 30.3 Å². The smallest absolute Gasteiger partial charge is 0.269 e. The standard InChI is InChI=1S/C22H17N3O3/c23-14-22(15-24)18(9-6-16-7-10-19(11-8-16)25(27)28)12-20(26)13-21(22)17-4-2-1-3-5-17/h1-11,18,21H,12-13H2/b9-6+/t18-,21+/m1/s1. The van der Waals surface area contributed by atoms with Crippen molar-refractivity contribution in [2.75, 3.05) is 0 Å². The number of nitro benzene ring substituents is 1. The highest BCUT2D eigenvalue weighted by Crippen LogP contribution is 2.49. The highest BCUT2D eigenvalue weighted by molar-refractivity contribution is 5.82. The van der Waals surface area contributed by atoms with E-state index in [1.54, 1.807) is 24.3 Å². The first-order valence-electron chi connectivity index (χ1n) is 8.82. The Hall–Kier alpha value is -3.77. The number of allylic oxidation sites excluding steroid dienone is 1. The average molecular weight is 371 g/mol. The number of ketones is 1. The number of non-ortho nitro benzene ring substituents is 1. The van der Waals surface area contributed by atoms with Crippen LogP contribution in [0.1, 0.15) is 29.9 Å². The van der Waals surface area contributed by atoms with E-state index in [9.17, 15) is 25.4 Å². The van der Waals surface area contributed by atoms with Gasteiger partial charge in [0.2, 0.25) is 0 Å². The molecule has 0 aliphatic heterocycles. The second-order valence-corrected chi connectivity index (χ2v) is 6.82.